The maximum atomic E-state index is 3.59. The van der Waals surface area contributed by atoms with E-state index in [0.29, 0.717) is 0 Å². The zero-order chi connectivity index (χ0) is 17.1. The number of para-hydroxylation sites is 2. The first-order valence-electron chi connectivity index (χ1n) is 9.20. The number of hydrogen-bond donors (Lipinski definition) is 1. The molecule has 2 heteroatoms. The van der Waals surface area contributed by atoms with Crippen LogP contribution in [0.2, 0.25) is 0 Å². The van der Waals surface area contributed by atoms with Gasteiger partial charge in [0.05, 0.1) is 5.52 Å². The number of nitrogens with one attached hydrogen (secondary N) is 1. The van der Waals surface area contributed by atoms with E-state index >= 15 is 0 Å². The first kappa shape index (κ1) is 14.0. The summed E-state index contributed by atoms with van der Waals surface area (Å²) < 4.78 is 2.45. The maximum absolute atomic E-state index is 3.59. The quantitative estimate of drug-likeness (QED) is 0.375. The second-order valence-corrected chi connectivity index (χ2v) is 7.03. The molecule has 1 aliphatic carbocycles. The number of nitrogens with zero attached hydrogens (tertiary/aromatic N) is 1. The van der Waals surface area contributed by atoms with Crippen molar-refractivity contribution in [2.24, 2.45) is 0 Å². The lowest BCUT2D eigenvalue weighted by Gasteiger charge is -2.13. The molecule has 0 aliphatic heterocycles. The predicted octanol–water partition coefficient (Wildman–Crippen LogP) is 6.22. The molecule has 3 aromatic carbocycles. The Kier molecular flexibility index (Phi) is 2.75. The van der Waals surface area contributed by atoms with Crippen LogP contribution in [0.3, 0.4) is 0 Å². The van der Waals surface area contributed by atoms with Crippen LogP contribution in [0.5, 0.6) is 0 Å². The summed E-state index contributed by atoms with van der Waals surface area (Å²) in [4.78, 5) is 3.59. The number of H-pyrrole nitrogens is 1. The van der Waals surface area contributed by atoms with E-state index in [9.17, 15) is 0 Å². The molecule has 6 rings (SSSR count). The highest BCUT2D eigenvalue weighted by Gasteiger charge is 2.21. The Morgan fingerprint density at radius 3 is 2.54 bits per heavy atom. The molecule has 5 aromatic rings. The van der Waals surface area contributed by atoms with Crippen molar-refractivity contribution < 1.29 is 0 Å². The van der Waals surface area contributed by atoms with Crippen molar-refractivity contribution in [3.63, 3.8) is 0 Å². The molecule has 1 aliphatic rings. The fourth-order valence-corrected chi connectivity index (χ4v) is 4.52. The molecule has 26 heavy (non-hydrogen) atoms. The summed E-state index contributed by atoms with van der Waals surface area (Å²) in [5.74, 6) is 0. The van der Waals surface area contributed by atoms with Crippen LogP contribution in [0.4, 0.5) is 0 Å². The number of aromatic nitrogens is 2. The summed E-state index contributed by atoms with van der Waals surface area (Å²) in [6.45, 7) is 0. The zero-order valence-corrected chi connectivity index (χ0v) is 14.4. The topological polar surface area (TPSA) is 20.7 Å². The lowest BCUT2D eigenvalue weighted by atomic mass is 9.99. The van der Waals surface area contributed by atoms with Gasteiger partial charge in [0.25, 0.3) is 0 Å². The Labute approximate surface area is 151 Å². The molecule has 0 amide bonds. The number of benzene rings is 3. The lowest BCUT2D eigenvalue weighted by molar-refractivity contribution is 0.888. The normalized spacial score (nSPS) is 13.7. The van der Waals surface area contributed by atoms with Crippen LogP contribution >= 0.6 is 0 Å². The van der Waals surface area contributed by atoms with E-state index < -0.39 is 0 Å². The predicted molar refractivity (Wildman–Crippen MR) is 110 cm³/mol. The van der Waals surface area contributed by atoms with Gasteiger partial charge in [-0.05, 0) is 43.2 Å². The minimum atomic E-state index is 1.08. The van der Waals surface area contributed by atoms with Crippen LogP contribution in [0, 0.1) is 0 Å². The smallest absolute Gasteiger partial charge is 0.0545 e. The van der Waals surface area contributed by atoms with Gasteiger partial charge in [-0.2, -0.15) is 0 Å². The van der Waals surface area contributed by atoms with E-state index in [-0.39, 0.29) is 0 Å². The molecule has 0 spiro atoms. The van der Waals surface area contributed by atoms with Crippen LogP contribution in [0.1, 0.15) is 17.7 Å². The molecule has 0 fully saturated rings. The molecule has 1 N–H and O–H groups in total. The van der Waals surface area contributed by atoms with Gasteiger partial charge in [0, 0.05) is 44.1 Å². The van der Waals surface area contributed by atoms with Gasteiger partial charge in [-0.3, -0.25) is 0 Å². The fraction of sp³-hybridized carbons (Fsp3) is 0.0833. The number of aromatic amines is 1. The van der Waals surface area contributed by atoms with E-state index in [0.717, 1.165) is 12.8 Å². The van der Waals surface area contributed by atoms with Crippen molar-refractivity contribution >= 4 is 38.8 Å². The maximum Gasteiger partial charge on any atom is 0.0545 e. The third kappa shape index (κ3) is 1.76. The molecule has 2 nitrogen and oxygen atoms in total. The van der Waals surface area contributed by atoms with Gasteiger partial charge in [0.2, 0.25) is 0 Å². The summed E-state index contributed by atoms with van der Waals surface area (Å²) >= 11 is 0. The molecular formula is C24H18N2. The van der Waals surface area contributed by atoms with Crippen LogP contribution in [0.25, 0.3) is 44.5 Å². The Balaban J connectivity index is 1.87. The molecule has 2 heterocycles. The first-order chi connectivity index (χ1) is 12.9. The monoisotopic (exact) mass is 334 g/mol. The molecule has 2 aromatic heterocycles. The fourth-order valence-electron chi connectivity index (χ4n) is 4.52. The molecule has 0 radical (unpaired) electrons. The van der Waals surface area contributed by atoms with Crippen molar-refractivity contribution in [3.8, 4) is 5.69 Å². The van der Waals surface area contributed by atoms with Crippen LogP contribution in [0.15, 0.2) is 72.8 Å². The molecule has 0 bridgehead atoms. The second-order valence-electron chi connectivity index (χ2n) is 7.03. The van der Waals surface area contributed by atoms with E-state index in [4.69, 9.17) is 0 Å². The minimum Gasteiger partial charge on any atom is -0.354 e. The Hall–Kier alpha value is -3.26. The van der Waals surface area contributed by atoms with Crippen molar-refractivity contribution in [3.05, 3.63) is 84.1 Å². The number of rotatable bonds is 1. The molecule has 0 atom stereocenters. The summed E-state index contributed by atoms with van der Waals surface area (Å²) in [5.41, 5.74) is 7.76. The van der Waals surface area contributed by atoms with Crippen LogP contribution in [-0.2, 0) is 6.42 Å². The van der Waals surface area contributed by atoms with E-state index in [2.05, 4.69) is 88.4 Å². The average molecular weight is 334 g/mol. The zero-order valence-electron chi connectivity index (χ0n) is 14.4. The SMILES string of the molecule is C1=Cc2c(n(-c3ccccc3)c3ccc4[nH]c5ccccc5c4c23)CC1. The molecule has 0 saturated heterocycles. The van der Waals surface area contributed by atoms with Gasteiger partial charge in [0.1, 0.15) is 0 Å². The highest BCUT2D eigenvalue weighted by Crippen LogP contribution is 2.40. The van der Waals surface area contributed by atoms with Crippen LogP contribution < -0.4 is 0 Å². The van der Waals surface area contributed by atoms with Crippen molar-refractivity contribution in [2.75, 3.05) is 0 Å². The number of hydrogen-bond acceptors (Lipinski definition) is 0. The van der Waals surface area contributed by atoms with Gasteiger partial charge in [0.15, 0.2) is 0 Å². The Morgan fingerprint density at radius 2 is 1.62 bits per heavy atom. The number of allylic oxidation sites excluding steroid dienone is 1. The van der Waals surface area contributed by atoms with Gasteiger partial charge >= 0.3 is 0 Å². The van der Waals surface area contributed by atoms with Gasteiger partial charge in [-0.15, -0.1) is 0 Å². The van der Waals surface area contributed by atoms with Gasteiger partial charge in [-0.25, -0.2) is 0 Å². The minimum absolute atomic E-state index is 1.08. The van der Waals surface area contributed by atoms with Crippen molar-refractivity contribution in [1.29, 1.82) is 0 Å². The van der Waals surface area contributed by atoms with Crippen LogP contribution in [-0.4, -0.2) is 9.55 Å². The number of fused-ring (bicyclic) bond motifs is 7. The third-order valence-corrected chi connectivity index (χ3v) is 5.59. The highest BCUT2D eigenvalue weighted by molar-refractivity contribution is 6.22. The van der Waals surface area contributed by atoms with E-state index in [1.165, 1.54) is 49.7 Å². The van der Waals surface area contributed by atoms with Gasteiger partial charge < -0.3 is 9.55 Å². The van der Waals surface area contributed by atoms with Crippen molar-refractivity contribution in [2.45, 2.75) is 12.8 Å². The molecule has 0 saturated carbocycles. The van der Waals surface area contributed by atoms with Crippen molar-refractivity contribution in [1.82, 2.24) is 9.55 Å². The third-order valence-electron chi connectivity index (χ3n) is 5.59. The average Bonchev–Trinajstić information content (AvgIpc) is 3.24. The molecular weight excluding hydrogens is 316 g/mol. The summed E-state index contributed by atoms with van der Waals surface area (Å²) in [5, 5.41) is 4.02. The summed E-state index contributed by atoms with van der Waals surface area (Å²) in [6, 6.07) is 23.9. The van der Waals surface area contributed by atoms with Gasteiger partial charge in [-0.1, -0.05) is 48.6 Å². The molecule has 124 valence electrons. The first-order valence-corrected chi connectivity index (χ1v) is 9.20. The largest absolute Gasteiger partial charge is 0.354 e. The Morgan fingerprint density at radius 1 is 0.769 bits per heavy atom. The Bertz CT molecular complexity index is 1320. The summed E-state index contributed by atoms with van der Waals surface area (Å²) in [6.07, 6.45) is 6.82. The summed E-state index contributed by atoms with van der Waals surface area (Å²) in [7, 11) is 0. The lowest BCUT2D eigenvalue weighted by Crippen LogP contribution is -2.02. The second kappa shape index (κ2) is 5.12. The highest BCUT2D eigenvalue weighted by atomic mass is 15.0. The van der Waals surface area contributed by atoms with E-state index in [1.807, 2.05) is 0 Å². The molecule has 0 unspecified atom stereocenters. The standard InChI is InChI=1S/C24H18N2/c1-2-8-16(9-3-1)26-21-13-7-5-11-18(21)24-22(26)15-14-20-23(24)17-10-4-6-12-19(17)25-20/h1-6,8-12,14-15,25H,7,13H2. The van der Waals surface area contributed by atoms with E-state index in [1.54, 1.807) is 0 Å².